The third-order valence-corrected chi connectivity index (χ3v) is 2.82. The van der Waals surface area contributed by atoms with Crippen LogP contribution in [0.5, 0.6) is 0 Å². The molecule has 0 radical (unpaired) electrons. The molecule has 0 bridgehead atoms. The van der Waals surface area contributed by atoms with Gasteiger partial charge in [-0.15, -0.1) is 0 Å². The summed E-state index contributed by atoms with van der Waals surface area (Å²) in [5, 5.41) is 0. The highest BCUT2D eigenvalue weighted by Gasteiger charge is 2.08. The Morgan fingerprint density at radius 2 is 1.87 bits per heavy atom. The van der Waals surface area contributed by atoms with Crippen LogP contribution in [0.4, 0.5) is 0 Å². The number of benzene rings is 1. The van der Waals surface area contributed by atoms with Crippen molar-refractivity contribution in [2.24, 2.45) is 0 Å². The molecule has 1 aromatic carbocycles. The van der Waals surface area contributed by atoms with Crippen molar-refractivity contribution in [1.29, 1.82) is 0 Å². The normalized spacial score (nSPS) is 10.1. The second-order valence-electron chi connectivity index (χ2n) is 2.70. The largest absolute Gasteiger partial charge is 0.435 e. The molecule has 0 aliphatic carbocycles. The van der Waals surface area contributed by atoms with Crippen molar-refractivity contribution >= 4 is 51.2 Å². The van der Waals surface area contributed by atoms with Crippen LogP contribution in [0.15, 0.2) is 18.2 Å². The Balaban J connectivity index is 2.65. The molecule has 0 amide bonds. The fourth-order valence-electron chi connectivity index (χ4n) is 0.934. The maximum atomic E-state index is 11.5. The molecule has 0 aliphatic heterocycles. The van der Waals surface area contributed by atoms with Gasteiger partial charge in [0, 0.05) is 13.7 Å². The summed E-state index contributed by atoms with van der Waals surface area (Å²) in [6.45, 7) is 2.40. The van der Waals surface area contributed by atoms with Gasteiger partial charge in [-0.3, -0.25) is 0 Å². The Kier molecular flexibility index (Phi) is 5.83. The summed E-state index contributed by atoms with van der Waals surface area (Å²) in [7, 11) is 0. The zero-order valence-corrected chi connectivity index (χ0v) is 12.4. The Morgan fingerprint density at radius 1 is 1.27 bits per heavy atom. The van der Waals surface area contributed by atoms with E-state index in [0.29, 0.717) is 12.2 Å². The molecule has 15 heavy (non-hydrogen) atoms. The molecule has 0 atom stereocenters. The van der Waals surface area contributed by atoms with Crippen molar-refractivity contribution in [3.8, 4) is 0 Å². The monoisotopic (exact) mass is 432 g/mol. The first kappa shape index (κ1) is 13.2. The number of carbonyl (C=O) groups is 1. The topological polar surface area (TPSA) is 35.5 Å². The zero-order valence-electron chi connectivity index (χ0n) is 8.13. The van der Waals surface area contributed by atoms with Gasteiger partial charge in [-0.25, -0.2) is 4.79 Å². The van der Waals surface area contributed by atoms with E-state index in [1.54, 1.807) is 12.1 Å². The Morgan fingerprint density at radius 3 is 2.40 bits per heavy atom. The molecule has 1 rings (SSSR count). The molecule has 0 saturated heterocycles. The van der Waals surface area contributed by atoms with Gasteiger partial charge in [-0.05, 0) is 70.3 Å². The van der Waals surface area contributed by atoms with Crippen LogP contribution in [-0.4, -0.2) is 19.4 Å². The van der Waals surface area contributed by atoms with Crippen molar-refractivity contribution in [2.75, 3.05) is 13.4 Å². The van der Waals surface area contributed by atoms with Gasteiger partial charge in [0.05, 0.1) is 5.56 Å². The van der Waals surface area contributed by atoms with E-state index in [0.717, 1.165) is 7.14 Å². The summed E-state index contributed by atoms with van der Waals surface area (Å²) < 4.78 is 11.9. The molecule has 1 aromatic rings. The Bertz CT molecular complexity index is 332. The van der Waals surface area contributed by atoms with Crippen molar-refractivity contribution in [3.05, 3.63) is 30.9 Å². The molecule has 82 valence electrons. The van der Waals surface area contributed by atoms with Crippen LogP contribution >= 0.6 is 45.2 Å². The Hall–Kier alpha value is 0.110. The maximum absolute atomic E-state index is 11.5. The van der Waals surface area contributed by atoms with Crippen molar-refractivity contribution < 1.29 is 14.3 Å². The molecule has 3 nitrogen and oxygen atoms in total. The van der Waals surface area contributed by atoms with Gasteiger partial charge in [0.1, 0.15) is 0 Å². The molecular formula is C10H10I2O3. The zero-order chi connectivity index (χ0) is 11.3. The number of esters is 1. The number of hydrogen-bond acceptors (Lipinski definition) is 3. The van der Waals surface area contributed by atoms with Gasteiger partial charge in [0.15, 0.2) is 6.79 Å². The molecule has 0 heterocycles. The molecule has 0 N–H and O–H groups in total. The number of hydrogen-bond donors (Lipinski definition) is 0. The predicted octanol–water partition coefficient (Wildman–Crippen LogP) is 3.05. The van der Waals surface area contributed by atoms with E-state index in [1.165, 1.54) is 0 Å². The molecule has 0 fully saturated rings. The highest BCUT2D eigenvalue weighted by atomic mass is 127. The van der Waals surface area contributed by atoms with Gasteiger partial charge in [-0.1, -0.05) is 0 Å². The summed E-state index contributed by atoms with van der Waals surface area (Å²) >= 11 is 4.33. The van der Waals surface area contributed by atoms with E-state index in [2.05, 4.69) is 45.2 Å². The van der Waals surface area contributed by atoms with Gasteiger partial charge in [0.2, 0.25) is 0 Å². The summed E-state index contributed by atoms with van der Waals surface area (Å²) in [6, 6.07) is 5.56. The van der Waals surface area contributed by atoms with Crippen molar-refractivity contribution in [3.63, 3.8) is 0 Å². The predicted molar refractivity (Wildman–Crippen MR) is 73.8 cm³/mol. The van der Waals surface area contributed by atoms with Gasteiger partial charge in [-0.2, -0.15) is 0 Å². The van der Waals surface area contributed by atoms with Crippen LogP contribution in [0.1, 0.15) is 17.3 Å². The molecule has 0 aliphatic rings. The first-order valence-electron chi connectivity index (χ1n) is 4.34. The number of halogens is 2. The van der Waals surface area contributed by atoms with E-state index in [4.69, 9.17) is 9.47 Å². The van der Waals surface area contributed by atoms with Crippen molar-refractivity contribution in [2.45, 2.75) is 6.92 Å². The third kappa shape index (κ3) is 4.64. The van der Waals surface area contributed by atoms with Crippen LogP contribution in [0.3, 0.4) is 0 Å². The lowest BCUT2D eigenvalue weighted by atomic mass is 10.2. The first-order valence-corrected chi connectivity index (χ1v) is 6.50. The number of rotatable bonds is 4. The molecule has 5 heteroatoms. The number of carbonyl (C=O) groups excluding carboxylic acids is 1. The van der Waals surface area contributed by atoms with Gasteiger partial charge >= 0.3 is 5.97 Å². The molecule has 0 unspecified atom stereocenters. The highest BCUT2D eigenvalue weighted by Crippen LogP contribution is 2.15. The molecule has 0 aromatic heterocycles. The summed E-state index contributed by atoms with van der Waals surface area (Å²) in [4.78, 5) is 11.5. The maximum Gasteiger partial charge on any atom is 0.340 e. The molecular weight excluding hydrogens is 422 g/mol. The summed E-state index contributed by atoms with van der Waals surface area (Å²) in [5.74, 6) is -0.347. The lowest BCUT2D eigenvalue weighted by Crippen LogP contribution is -2.09. The van der Waals surface area contributed by atoms with Gasteiger partial charge < -0.3 is 9.47 Å². The van der Waals surface area contributed by atoms with Gasteiger partial charge in [0.25, 0.3) is 0 Å². The smallest absolute Gasteiger partial charge is 0.340 e. The van der Waals surface area contributed by atoms with E-state index < -0.39 is 0 Å². The first-order chi connectivity index (χ1) is 7.13. The average molecular weight is 432 g/mol. The quantitative estimate of drug-likeness (QED) is 0.318. The van der Waals surface area contributed by atoms with E-state index in [9.17, 15) is 4.79 Å². The minimum atomic E-state index is -0.347. The van der Waals surface area contributed by atoms with Crippen molar-refractivity contribution in [1.82, 2.24) is 0 Å². The van der Waals surface area contributed by atoms with Crippen LogP contribution in [0.25, 0.3) is 0 Å². The lowest BCUT2D eigenvalue weighted by Gasteiger charge is -2.05. The fourth-order valence-corrected chi connectivity index (χ4v) is 2.87. The van der Waals surface area contributed by atoms with Crippen LogP contribution < -0.4 is 0 Å². The SMILES string of the molecule is CCOCOC(=O)c1cc(I)cc(I)c1. The highest BCUT2D eigenvalue weighted by molar-refractivity contribution is 14.1. The summed E-state index contributed by atoms with van der Waals surface area (Å²) in [5.41, 5.74) is 0.561. The number of ether oxygens (including phenoxy) is 2. The summed E-state index contributed by atoms with van der Waals surface area (Å²) in [6.07, 6.45) is 0. The molecule has 0 saturated carbocycles. The Labute approximate surface area is 116 Å². The third-order valence-electron chi connectivity index (χ3n) is 1.58. The van der Waals surface area contributed by atoms with E-state index in [-0.39, 0.29) is 12.8 Å². The average Bonchev–Trinajstić information content (AvgIpc) is 2.16. The second-order valence-corrected chi connectivity index (χ2v) is 5.19. The van der Waals surface area contributed by atoms with Crippen LogP contribution in [0.2, 0.25) is 0 Å². The fraction of sp³-hybridized carbons (Fsp3) is 0.300. The minimum absolute atomic E-state index is 0.0113. The molecule has 0 spiro atoms. The standard InChI is InChI=1S/C10H10I2O3/c1-2-14-6-15-10(13)7-3-8(11)5-9(12)4-7/h3-5H,2,6H2,1H3. The minimum Gasteiger partial charge on any atom is -0.435 e. The van der Waals surface area contributed by atoms with E-state index in [1.807, 2.05) is 13.0 Å². The van der Waals surface area contributed by atoms with Crippen LogP contribution in [-0.2, 0) is 9.47 Å². The van der Waals surface area contributed by atoms with Crippen LogP contribution in [0, 0.1) is 7.14 Å². The lowest BCUT2D eigenvalue weighted by molar-refractivity contribution is -0.0274. The second kappa shape index (κ2) is 6.64. The van der Waals surface area contributed by atoms with E-state index >= 15 is 0 Å².